The molecule has 1 aliphatic rings. The van der Waals surface area contributed by atoms with Gasteiger partial charge in [-0.2, -0.15) is 0 Å². The highest BCUT2D eigenvalue weighted by molar-refractivity contribution is 7.91. The second-order valence-corrected chi connectivity index (χ2v) is 8.84. The minimum atomic E-state index is -3.05. The van der Waals surface area contributed by atoms with Crippen molar-refractivity contribution in [2.75, 3.05) is 11.5 Å². The van der Waals surface area contributed by atoms with Crippen molar-refractivity contribution in [3.8, 4) is 5.75 Å². The van der Waals surface area contributed by atoms with E-state index in [1.54, 1.807) is 19.1 Å². The lowest BCUT2D eigenvalue weighted by Gasteiger charge is -2.23. The summed E-state index contributed by atoms with van der Waals surface area (Å²) in [5, 5.41) is 2.86. The number of ether oxygens (including phenoxy) is 1. The minimum Gasteiger partial charge on any atom is -0.489 e. The van der Waals surface area contributed by atoms with Crippen LogP contribution in [0.1, 0.15) is 29.3 Å². The van der Waals surface area contributed by atoms with Crippen molar-refractivity contribution in [2.45, 2.75) is 25.5 Å². The van der Waals surface area contributed by atoms with Crippen LogP contribution in [0.15, 0.2) is 54.6 Å². The highest BCUT2D eigenvalue weighted by atomic mass is 32.2. The number of benzene rings is 2. The van der Waals surface area contributed by atoms with Crippen molar-refractivity contribution in [3.63, 3.8) is 0 Å². The lowest BCUT2D eigenvalue weighted by molar-refractivity contribution is 0.0915. The molecule has 5 nitrogen and oxygen atoms in total. The molecule has 1 N–H and O–H groups in total. The van der Waals surface area contributed by atoms with Gasteiger partial charge in [-0.3, -0.25) is 4.79 Å². The first-order valence-electron chi connectivity index (χ1n) is 8.15. The molecule has 1 heterocycles. The predicted molar refractivity (Wildman–Crippen MR) is 96.4 cm³/mol. The molecule has 25 heavy (non-hydrogen) atoms. The Morgan fingerprint density at radius 2 is 1.80 bits per heavy atom. The molecular weight excluding hydrogens is 338 g/mol. The highest BCUT2D eigenvalue weighted by Gasteiger charge is 2.39. The quantitative estimate of drug-likeness (QED) is 0.891. The van der Waals surface area contributed by atoms with Crippen LogP contribution in [0, 0.1) is 0 Å². The summed E-state index contributed by atoms with van der Waals surface area (Å²) in [6, 6.07) is 16.7. The average Bonchev–Trinajstić information content (AvgIpc) is 2.87. The normalized spacial score (nSPS) is 21.6. The molecule has 3 rings (SSSR count). The third-order valence-corrected chi connectivity index (χ3v) is 6.19. The number of hydrogen-bond acceptors (Lipinski definition) is 4. The maximum absolute atomic E-state index is 12.4. The minimum absolute atomic E-state index is 0.00522. The van der Waals surface area contributed by atoms with Crippen molar-refractivity contribution in [1.29, 1.82) is 0 Å². The topological polar surface area (TPSA) is 72.5 Å². The molecule has 2 aromatic carbocycles. The van der Waals surface area contributed by atoms with Gasteiger partial charge in [-0.1, -0.05) is 30.3 Å². The van der Waals surface area contributed by atoms with Crippen molar-refractivity contribution < 1.29 is 17.9 Å². The number of amides is 1. The Bertz CT molecular complexity index is 847. The molecule has 1 fully saturated rings. The van der Waals surface area contributed by atoms with Gasteiger partial charge in [-0.25, -0.2) is 8.42 Å². The van der Waals surface area contributed by atoms with E-state index in [1.807, 2.05) is 42.5 Å². The van der Waals surface area contributed by atoms with Gasteiger partial charge in [0.15, 0.2) is 9.84 Å². The first-order chi connectivity index (χ1) is 11.9. The van der Waals surface area contributed by atoms with Crippen LogP contribution >= 0.6 is 0 Å². The second-order valence-electron chi connectivity index (χ2n) is 6.66. The third-order valence-electron chi connectivity index (χ3n) is 4.28. The lowest BCUT2D eigenvalue weighted by atomic mass is 10.0. The maximum atomic E-state index is 12.4. The number of carbonyl (C=O) groups excluding carboxylic acids is 1. The standard InChI is InChI=1S/C19H21NO4S/c1-19(11-12-25(22,23)14-19)20-18(21)16-9-7-15(8-10-16)13-24-17-5-3-2-4-6-17/h2-10H,11-14H2,1H3,(H,20,21). The van der Waals surface area contributed by atoms with Crippen molar-refractivity contribution in [3.05, 3.63) is 65.7 Å². The largest absolute Gasteiger partial charge is 0.489 e. The van der Waals surface area contributed by atoms with Crippen molar-refractivity contribution in [2.24, 2.45) is 0 Å². The Morgan fingerprint density at radius 3 is 2.40 bits per heavy atom. The van der Waals surface area contributed by atoms with Crippen LogP contribution in [-0.4, -0.2) is 31.4 Å². The summed E-state index contributed by atoms with van der Waals surface area (Å²) in [6.45, 7) is 2.19. The molecule has 0 bridgehead atoms. The first-order valence-corrected chi connectivity index (χ1v) is 9.97. The lowest BCUT2D eigenvalue weighted by Crippen LogP contribution is -2.46. The number of hydrogen-bond donors (Lipinski definition) is 1. The van der Waals surface area contributed by atoms with Gasteiger partial charge in [0.25, 0.3) is 5.91 Å². The Hall–Kier alpha value is -2.34. The van der Waals surface area contributed by atoms with E-state index in [0.717, 1.165) is 11.3 Å². The highest BCUT2D eigenvalue weighted by Crippen LogP contribution is 2.23. The zero-order valence-corrected chi connectivity index (χ0v) is 14.9. The molecule has 0 aromatic heterocycles. The van der Waals surface area contributed by atoms with Gasteiger partial charge in [0.1, 0.15) is 12.4 Å². The second kappa shape index (κ2) is 6.88. The summed E-state index contributed by atoms with van der Waals surface area (Å²) in [5.41, 5.74) is 0.773. The smallest absolute Gasteiger partial charge is 0.251 e. The van der Waals surface area contributed by atoms with Crippen LogP contribution in [0.2, 0.25) is 0 Å². The average molecular weight is 359 g/mol. The fourth-order valence-corrected chi connectivity index (χ4v) is 4.98. The number of para-hydroxylation sites is 1. The SMILES string of the molecule is CC1(NC(=O)c2ccc(COc3ccccc3)cc2)CCS(=O)(=O)C1. The van der Waals surface area contributed by atoms with Crippen LogP contribution in [0.4, 0.5) is 0 Å². The van der Waals surface area contributed by atoms with E-state index >= 15 is 0 Å². The molecule has 0 radical (unpaired) electrons. The van der Waals surface area contributed by atoms with Gasteiger partial charge in [0, 0.05) is 5.56 Å². The summed E-state index contributed by atoms with van der Waals surface area (Å²) in [7, 11) is -3.05. The number of nitrogens with one attached hydrogen (secondary N) is 1. The molecule has 2 aromatic rings. The fourth-order valence-electron chi connectivity index (χ4n) is 2.89. The number of rotatable bonds is 5. The fraction of sp³-hybridized carbons (Fsp3) is 0.316. The zero-order valence-electron chi connectivity index (χ0n) is 14.1. The molecule has 6 heteroatoms. The Kier molecular flexibility index (Phi) is 4.81. The summed E-state index contributed by atoms with van der Waals surface area (Å²) in [5.74, 6) is 0.656. The summed E-state index contributed by atoms with van der Waals surface area (Å²) >= 11 is 0. The predicted octanol–water partition coefficient (Wildman–Crippen LogP) is 2.57. The maximum Gasteiger partial charge on any atom is 0.251 e. The molecular formula is C19H21NO4S. The van der Waals surface area contributed by atoms with E-state index in [4.69, 9.17) is 4.74 Å². The van der Waals surface area contributed by atoms with Crippen LogP contribution in [0.3, 0.4) is 0 Å². The third kappa shape index (κ3) is 4.60. The monoisotopic (exact) mass is 359 g/mol. The van der Waals surface area contributed by atoms with Gasteiger partial charge in [0.05, 0.1) is 17.0 Å². The van der Waals surface area contributed by atoms with Gasteiger partial charge < -0.3 is 10.1 Å². The van der Waals surface area contributed by atoms with Crippen molar-refractivity contribution >= 4 is 15.7 Å². The first kappa shape index (κ1) is 17.5. The van der Waals surface area contributed by atoms with E-state index in [2.05, 4.69) is 5.32 Å². The molecule has 1 unspecified atom stereocenters. The van der Waals surface area contributed by atoms with E-state index < -0.39 is 15.4 Å². The van der Waals surface area contributed by atoms with Crippen LogP contribution < -0.4 is 10.1 Å². The molecule has 132 valence electrons. The molecule has 0 spiro atoms. The molecule has 1 saturated heterocycles. The van der Waals surface area contributed by atoms with Gasteiger partial charge in [-0.05, 0) is 43.2 Å². The number of sulfone groups is 1. The van der Waals surface area contributed by atoms with E-state index in [0.29, 0.717) is 18.6 Å². The molecule has 1 atom stereocenters. The van der Waals surface area contributed by atoms with Crippen molar-refractivity contribution in [1.82, 2.24) is 5.32 Å². The molecule has 1 amide bonds. The summed E-state index contributed by atoms with van der Waals surface area (Å²) < 4.78 is 28.9. The van der Waals surface area contributed by atoms with E-state index in [-0.39, 0.29) is 17.4 Å². The van der Waals surface area contributed by atoms with Gasteiger partial charge in [0.2, 0.25) is 0 Å². The van der Waals surface area contributed by atoms with E-state index in [9.17, 15) is 13.2 Å². The summed E-state index contributed by atoms with van der Waals surface area (Å²) in [4.78, 5) is 12.4. The van der Waals surface area contributed by atoms with E-state index in [1.165, 1.54) is 0 Å². The Balaban J connectivity index is 1.59. The van der Waals surface area contributed by atoms with Crippen LogP contribution in [-0.2, 0) is 16.4 Å². The Labute approximate surface area is 147 Å². The van der Waals surface area contributed by atoms with Crippen LogP contribution in [0.5, 0.6) is 5.75 Å². The molecule has 0 aliphatic carbocycles. The zero-order chi connectivity index (χ0) is 17.9. The molecule has 1 aliphatic heterocycles. The summed E-state index contributed by atoms with van der Waals surface area (Å²) in [6.07, 6.45) is 0.448. The molecule has 0 saturated carbocycles. The van der Waals surface area contributed by atoms with Gasteiger partial charge >= 0.3 is 0 Å². The van der Waals surface area contributed by atoms with Gasteiger partial charge in [-0.15, -0.1) is 0 Å². The number of carbonyl (C=O) groups is 1. The Morgan fingerprint density at radius 1 is 1.12 bits per heavy atom. The van der Waals surface area contributed by atoms with Crippen LogP contribution in [0.25, 0.3) is 0 Å².